The molecule has 1 aliphatic carbocycles. The van der Waals surface area contributed by atoms with E-state index in [2.05, 4.69) is 10.6 Å². The first kappa shape index (κ1) is 19.2. The lowest BCUT2D eigenvalue weighted by Gasteiger charge is -2.23. The van der Waals surface area contributed by atoms with Crippen LogP contribution >= 0.6 is 0 Å². The molecular weight excluding hydrogens is 360 g/mol. The zero-order valence-corrected chi connectivity index (χ0v) is 16.0. The summed E-state index contributed by atoms with van der Waals surface area (Å²) in [6.07, 6.45) is 7.09. The van der Waals surface area contributed by atoms with Crippen molar-refractivity contribution in [3.63, 3.8) is 0 Å². The highest BCUT2D eigenvalue weighted by Gasteiger charge is 2.33. The number of rotatable bonds is 7. The Morgan fingerprint density at radius 2 is 1.78 bits per heavy atom. The summed E-state index contributed by atoms with van der Waals surface area (Å²) in [6.45, 7) is 2.50. The minimum absolute atomic E-state index is 0.0744. The number of hydrogen-bond donors (Lipinski definition) is 1. The Morgan fingerprint density at radius 1 is 1.15 bits per heavy atom. The number of terminal acetylenes is 1. The Kier molecular flexibility index (Phi) is 5.64. The van der Waals surface area contributed by atoms with E-state index in [0.29, 0.717) is 12.1 Å². The summed E-state index contributed by atoms with van der Waals surface area (Å²) in [7, 11) is -3.66. The van der Waals surface area contributed by atoms with E-state index in [1.54, 1.807) is 12.1 Å². The van der Waals surface area contributed by atoms with E-state index >= 15 is 0 Å². The highest BCUT2D eigenvalue weighted by Crippen LogP contribution is 2.30. The molecule has 0 spiro atoms. The third-order valence-electron chi connectivity index (χ3n) is 4.50. The van der Waals surface area contributed by atoms with Gasteiger partial charge in [-0.05, 0) is 49.6 Å². The van der Waals surface area contributed by atoms with E-state index in [1.807, 2.05) is 36.1 Å². The molecule has 0 saturated heterocycles. The largest absolute Gasteiger partial charge is 0.331 e. The fourth-order valence-electron chi connectivity index (χ4n) is 2.81. The van der Waals surface area contributed by atoms with Crippen LogP contribution in [0, 0.1) is 19.3 Å². The maximum atomic E-state index is 13.0. The SMILES string of the molecule is C#CCNS(=O)(=O)c1ccc(C(=O)N(Cc2ccc(C)cc2)C2CC2)cc1. The second-order valence-electron chi connectivity index (χ2n) is 6.70. The number of amides is 1. The van der Waals surface area contributed by atoms with Crippen molar-refractivity contribution in [1.82, 2.24) is 9.62 Å². The minimum atomic E-state index is -3.66. The molecule has 6 heteroatoms. The number of nitrogens with one attached hydrogen (secondary N) is 1. The molecule has 0 bridgehead atoms. The Morgan fingerprint density at radius 3 is 2.33 bits per heavy atom. The van der Waals surface area contributed by atoms with Crippen molar-refractivity contribution in [3.05, 3.63) is 65.2 Å². The van der Waals surface area contributed by atoms with Crippen molar-refractivity contribution in [2.45, 2.75) is 37.2 Å². The minimum Gasteiger partial charge on any atom is -0.331 e. The van der Waals surface area contributed by atoms with Crippen LogP contribution in [0.15, 0.2) is 53.4 Å². The van der Waals surface area contributed by atoms with Gasteiger partial charge in [-0.1, -0.05) is 35.7 Å². The molecule has 2 aromatic carbocycles. The molecule has 0 aliphatic heterocycles. The number of carbonyl (C=O) groups excluding carboxylic acids is 1. The molecule has 5 nitrogen and oxygen atoms in total. The van der Waals surface area contributed by atoms with Crippen molar-refractivity contribution in [1.29, 1.82) is 0 Å². The molecule has 2 aromatic rings. The summed E-state index contributed by atoms with van der Waals surface area (Å²) in [5.41, 5.74) is 2.74. The van der Waals surface area contributed by atoms with Crippen LogP contribution < -0.4 is 4.72 Å². The van der Waals surface area contributed by atoms with Crippen LogP contribution in [-0.4, -0.2) is 31.8 Å². The fourth-order valence-corrected chi connectivity index (χ4v) is 3.74. The van der Waals surface area contributed by atoms with Gasteiger partial charge in [0.15, 0.2) is 0 Å². The predicted molar refractivity (Wildman–Crippen MR) is 105 cm³/mol. The molecule has 140 valence electrons. The smallest absolute Gasteiger partial charge is 0.254 e. The Bertz CT molecular complexity index is 954. The Hall–Kier alpha value is -2.62. The van der Waals surface area contributed by atoms with Gasteiger partial charge in [0.25, 0.3) is 5.91 Å². The second kappa shape index (κ2) is 7.95. The number of hydrogen-bond acceptors (Lipinski definition) is 3. The third kappa shape index (κ3) is 4.76. The molecule has 1 saturated carbocycles. The number of aryl methyl sites for hydroxylation is 1. The van der Waals surface area contributed by atoms with Gasteiger partial charge >= 0.3 is 0 Å². The van der Waals surface area contributed by atoms with Crippen LogP contribution in [0.1, 0.15) is 34.3 Å². The van der Waals surface area contributed by atoms with E-state index < -0.39 is 10.0 Å². The number of carbonyl (C=O) groups is 1. The first-order chi connectivity index (χ1) is 12.9. The molecular formula is C21H22N2O3S. The van der Waals surface area contributed by atoms with E-state index in [-0.39, 0.29) is 23.4 Å². The number of sulfonamides is 1. The lowest BCUT2D eigenvalue weighted by Crippen LogP contribution is -2.32. The molecule has 1 fully saturated rings. The summed E-state index contributed by atoms with van der Waals surface area (Å²) in [5, 5.41) is 0. The van der Waals surface area contributed by atoms with Crippen molar-refractivity contribution in [2.24, 2.45) is 0 Å². The van der Waals surface area contributed by atoms with E-state index in [9.17, 15) is 13.2 Å². The van der Waals surface area contributed by atoms with E-state index in [0.717, 1.165) is 18.4 Å². The average molecular weight is 382 g/mol. The molecule has 0 aromatic heterocycles. The Balaban J connectivity index is 1.76. The van der Waals surface area contributed by atoms with Crippen molar-refractivity contribution < 1.29 is 13.2 Å². The zero-order valence-electron chi connectivity index (χ0n) is 15.2. The number of benzene rings is 2. The maximum Gasteiger partial charge on any atom is 0.254 e. The van der Waals surface area contributed by atoms with Gasteiger partial charge in [-0.15, -0.1) is 6.42 Å². The normalized spacial score (nSPS) is 13.8. The highest BCUT2D eigenvalue weighted by atomic mass is 32.2. The van der Waals surface area contributed by atoms with Gasteiger partial charge in [0.1, 0.15) is 0 Å². The monoisotopic (exact) mass is 382 g/mol. The van der Waals surface area contributed by atoms with Crippen molar-refractivity contribution >= 4 is 15.9 Å². The van der Waals surface area contributed by atoms with Gasteiger partial charge in [0.2, 0.25) is 10.0 Å². The van der Waals surface area contributed by atoms with Crippen LogP contribution in [0.25, 0.3) is 0 Å². The van der Waals surface area contributed by atoms with Crippen molar-refractivity contribution in [2.75, 3.05) is 6.54 Å². The average Bonchev–Trinajstić information content (AvgIpc) is 3.50. The lowest BCUT2D eigenvalue weighted by molar-refractivity contribution is 0.0730. The highest BCUT2D eigenvalue weighted by molar-refractivity contribution is 7.89. The van der Waals surface area contributed by atoms with Gasteiger partial charge < -0.3 is 4.90 Å². The van der Waals surface area contributed by atoms with Crippen LogP contribution in [0.5, 0.6) is 0 Å². The molecule has 27 heavy (non-hydrogen) atoms. The summed E-state index contributed by atoms with van der Waals surface area (Å²) in [5.74, 6) is 2.15. The van der Waals surface area contributed by atoms with Crippen molar-refractivity contribution in [3.8, 4) is 12.3 Å². The summed E-state index contributed by atoms with van der Waals surface area (Å²) < 4.78 is 26.5. The first-order valence-electron chi connectivity index (χ1n) is 8.80. The van der Waals surface area contributed by atoms with Crippen LogP contribution in [0.3, 0.4) is 0 Å². The Labute approximate surface area is 160 Å². The lowest BCUT2D eigenvalue weighted by atomic mass is 10.1. The fraction of sp³-hybridized carbons (Fsp3) is 0.286. The number of nitrogens with zero attached hydrogens (tertiary/aromatic N) is 1. The van der Waals surface area contributed by atoms with Gasteiger partial charge in [-0.2, -0.15) is 4.72 Å². The summed E-state index contributed by atoms with van der Waals surface area (Å²) in [6, 6.07) is 14.4. The molecule has 0 unspecified atom stereocenters. The first-order valence-corrected chi connectivity index (χ1v) is 10.3. The molecule has 1 amide bonds. The zero-order chi connectivity index (χ0) is 19.4. The second-order valence-corrected chi connectivity index (χ2v) is 8.47. The molecule has 0 radical (unpaired) electrons. The predicted octanol–water partition coefficient (Wildman–Crippen LogP) is 2.71. The summed E-state index contributed by atoms with van der Waals surface area (Å²) in [4.78, 5) is 14.9. The molecule has 1 aliphatic rings. The third-order valence-corrected chi connectivity index (χ3v) is 5.91. The van der Waals surface area contributed by atoms with Gasteiger partial charge in [0, 0.05) is 18.2 Å². The van der Waals surface area contributed by atoms with Gasteiger partial charge in [-0.3, -0.25) is 4.79 Å². The topological polar surface area (TPSA) is 66.5 Å². The molecule has 0 heterocycles. The summed E-state index contributed by atoms with van der Waals surface area (Å²) >= 11 is 0. The van der Waals surface area contributed by atoms with Crippen LogP contribution in [-0.2, 0) is 16.6 Å². The quantitative estimate of drug-likeness (QED) is 0.749. The van der Waals surface area contributed by atoms with Gasteiger partial charge in [-0.25, -0.2) is 8.42 Å². The van der Waals surface area contributed by atoms with Crippen LogP contribution in [0.4, 0.5) is 0 Å². The van der Waals surface area contributed by atoms with Gasteiger partial charge in [0.05, 0.1) is 11.4 Å². The standard InChI is InChI=1S/C21H22N2O3S/c1-3-14-22-27(25,26)20-12-8-18(9-13-20)21(24)23(19-10-11-19)15-17-6-4-16(2)5-7-17/h1,4-9,12-13,19,22H,10-11,14-15H2,2H3. The van der Waals surface area contributed by atoms with Crippen LogP contribution in [0.2, 0.25) is 0 Å². The molecule has 0 atom stereocenters. The maximum absolute atomic E-state index is 13.0. The van der Waals surface area contributed by atoms with E-state index in [1.165, 1.54) is 17.7 Å². The molecule has 1 N–H and O–H groups in total. The van der Waals surface area contributed by atoms with E-state index in [4.69, 9.17) is 6.42 Å². The molecule has 3 rings (SSSR count).